The van der Waals surface area contributed by atoms with Crippen LogP contribution < -0.4 is 10.1 Å². The van der Waals surface area contributed by atoms with Crippen LogP contribution in [0, 0.1) is 5.41 Å². The first-order valence-corrected chi connectivity index (χ1v) is 10.2. The first kappa shape index (κ1) is 22.5. The van der Waals surface area contributed by atoms with Crippen LogP contribution in [0.4, 0.5) is 5.69 Å². The summed E-state index contributed by atoms with van der Waals surface area (Å²) in [6, 6.07) is 16.6. The molecule has 0 aliphatic carbocycles. The Labute approximate surface area is 190 Å². The molecule has 0 saturated carbocycles. The largest absolute Gasteiger partial charge is 0.496 e. The summed E-state index contributed by atoms with van der Waals surface area (Å²) in [6.45, 7) is 1.68. The summed E-state index contributed by atoms with van der Waals surface area (Å²) in [5.41, 5.74) is 2.88. The topological polar surface area (TPSA) is 79.2 Å². The van der Waals surface area contributed by atoms with Crippen LogP contribution in [-0.4, -0.2) is 24.5 Å². The summed E-state index contributed by atoms with van der Waals surface area (Å²) in [4.78, 5) is 25.9. The van der Waals surface area contributed by atoms with Crippen LogP contribution >= 0.6 is 23.2 Å². The Hall–Kier alpha value is -3.15. The number of Topliss-reactive ketones (excluding diaryl/α,β-unsaturated/α-hetero) is 1. The molecule has 5 nitrogen and oxygen atoms in total. The number of benzene rings is 3. The average Bonchev–Trinajstić information content (AvgIpc) is 2.76. The Bertz CT molecular complexity index is 1140. The summed E-state index contributed by atoms with van der Waals surface area (Å²) < 4.78 is 5.41. The van der Waals surface area contributed by atoms with Gasteiger partial charge in [-0.1, -0.05) is 47.5 Å². The molecule has 0 heterocycles. The van der Waals surface area contributed by atoms with Gasteiger partial charge in [-0.2, -0.15) is 0 Å². The minimum atomic E-state index is -0.416. The third kappa shape index (κ3) is 5.51. The first-order valence-electron chi connectivity index (χ1n) is 9.40. The van der Waals surface area contributed by atoms with Crippen LogP contribution in [0.3, 0.4) is 0 Å². The molecule has 0 aromatic heterocycles. The molecule has 3 aromatic rings. The number of hydrogen-bond acceptors (Lipinski definition) is 4. The van der Waals surface area contributed by atoms with Crippen LogP contribution in [0.15, 0.2) is 60.7 Å². The van der Waals surface area contributed by atoms with Crippen LogP contribution in [0.1, 0.15) is 38.8 Å². The number of halogens is 2. The van der Waals surface area contributed by atoms with Crippen molar-refractivity contribution in [3.8, 4) is 5.75 Å². The number of ketones is 1. The molecule has 0 unspecified atom stereocenters. The zero-order chi connectivity index (χ0) is 22.5. The van der Waals surface area contributed by atoms with Crippen LogP contribution in [-0.2, 0) is 6.42 Å². The fourth-order valence-corrected chi connectivity index (χ4v) is 3.41. The van der Waals surface area contributed by atoms with Gasteiger partial charge in [0.1, 0.15) is 5.75 Å². The number of nitrogens with one attached hydrogen (secondary N) is 2. The van der Waals surface area contributed by atoms with E-state index in [9.17, 15) is 9.59 Å². The normalized spacial score (nSPS) is 10.5. The smallest absolute Gasteiger partial charge is 0.256 e. The maximum absolute atomic E-state index is 13.0. The van der Waals surface area contributed by atoms with E-state index >= 15 is 0 Å². The van der Waals surface area contributed by atoms with Crippen molar-refractivity contribution in [2.24, 2.45) is 0 Å². The Balaban J connectivity index is 1.92. The monoisotopic (exact) mass is 454 g/mol. The minimum absolute atomic E-state index is 0.0490. The Morgan fingerprint density at radius 2 is 1.55 bits per heavy atom. The molecular formula is C24H20Cl2N2O3. The highest BCUT2D eigenvalue weighted by Crippen LogP contribution is 2.30. The van der Waals surface area contributed by atoms with Crippen molar-refractivity contribution in [1.82, 2.24) is 0 Å². The van der Waals surface area contributed by atoms with Gasteiger partial charge in [0.2, 0.25) is 0 Å². The van der Waals surface area contributed by atoms with Gasteiger partial charge < -0.3 is 15.5 Å². The number of amides is 1. The second kappa shape index (κ2) is 9.77. The second-order valence-corrected chi connectivity index (χ2v) is 7.77. The van der Waals surface area contributed by atoms with Crippen molar-refractivity contribution in [2.45, 2.75) is 13.3 Å². The molecule has 0 spiro atoms. The predicted molar refractivity (Wildman–Crippen MR) is 124 cm³/mol. The van der Waals surface area contributed by atoms with E-state index in [1.165, 1.54) is 13.2 Å². The van der Waals surface area contributed by atoms with E-state index < -0.39 is 5.91 Å². The minimum Gasteiger partial charge on any atom is -0.496 e. The lowest BCUT2D eigenvalue weighted by molar-refractivity contribution is 0.0991. The Kier molecular flexibility index (Phi) is 7.10. The molecule has 0 atom stereocenters. The number of carbonyl (C=O) groups excluding carboxylic acids is 2. The van der Waals surface area contributed by atoms with Gasteiger partial charge >= 0.3 is 0 Å². The number of hydrogen-bond donors (Lipinski definition) is 2. The third-order valence-electron chi connectivity index (χ3n) is 4.72. The Morgan fingerprint density at radius 3 is 2.13 bits per heavy atom. The number of ether oxygens (including phenoxy) is 1. The van der Waals surface area contributed by atoms with Gasteiger partial charge in [-0.05, 0) is 48.9 Å². The van der Waals surface area contributed by atoms with Gasteiger partial charge in [0.25, 0.3) is 5.91 Å². The molecule has 0 aliphatic heterocycles. The molecular weight excluding hydrogens is 435 g/mol. The summed E-state index contributed by atoms with van der Waals surface area (Å²) in [6.07, 6.45) is -0.0490. The molecule has 0 aliphatic rings. The van der Waals surface area contributed by atoms with Gasteiger partial charge in [0.05, 0.1) is 7.11 Å². The summed E-state index contributed by atoms with van der Waals surface area (Å²) in [5.74, 6) is -0.245. The fourth-order valence-electron chi connectivity index (χ4n) is 3.08. The van der Waals surface area contributed by atoms with Crippen molar-refractivity contribution in [2.75, 3.05) is 12.4 Å². The molecule has 0 saturated heterocycles. The molecule has 31 heavy (non-hydrogen) atoms. The van der Waals surface area contributed by atoms with Gasteiger partial charge in [0, 0.05) is 44.6 Å². The standard InChI is InChI=1S/C24H20Cl2N2O3/c1-14(27)15-3-5-16(6-4-15)22(29)13-20-21(11-18(26)12-23(20)31-2)24(30)28-19-9-7-17(25)8-10-19/h3-12,27H,13H2,1-2H3,(H,28,30). The lowest BCUT2D eigenvalue weighted by Crippen LogP contribution is -2.17. The number of methoxy groups -OCH3 is 1. The van der Waals surface area contributed by atoms with E-state index in [1.54, 1.807) is 61.5 Å². The third-order valence-corrected chi connectivity index (χ3v) is 5.19. The molecule has 3 aromatic carbocycles. The van der Waals surface area contributed by atoms with Crippen molar-refractivity contribution in [3.63, 3.8) is 0 Å². The fraction of sp³-hybridized carbons (Fsp3) is 0.125. The van der Waals surface area contributed by atoms with E-state index in [1.807, 2.05) is 0 Å². The highest BCUT2D eigenvalue weighted by molar-refractivity contribution is 6.31. The van der Waals surface area contributed by atoms with E-state index in [-0.39, 0.29) is 17.8 Å². The van der Waals surface area contributed by atoms with Gasteiger partial charge in [-0.3, -0.25) is 9.59 Å². The van der Waals surface area contributed by atoms with Crippen LogP contribution in [0.5, 0.6) is 5.75 Å². The highest BCUT2D eigenvalue weighted by Gasteiger charge is 2.21. The lowest BCUT2D eigenvalue weighted by atomic mass is 9.96. The van der Waals surface area contributed by atoms with Gasteiger partial charge in [-0.25, -0.2) is 0 Å². The van der Waals surface area contributed by atoms with Gasteiger partial charge in [0.15, 0.2) is 5.78 Å². The molecule has 0 fully saturated rings. The maximum atomic E-state index is 13.0. The molecule has 1 amide bonds. The molecule has 2 N–H and O–H groups in total. The average molecular weight is 455 g/mol. The van der Waals surface area contributed by atoms with Gasteiger partial charge in [-0.15, -0.1) is 0 Å². The zero-order valence-corrected chi connectivity index (χ0v) is 18.5. The maximum Gasteiger partial charge on any atom is 0.256 e. The summed E-state index contributed by atoms with van der Waals surface area (Å²) in [7, 11) is 1.46. The first-order chi connectivity index (χ1) is 14.8. The van der Waals surface area contributed by atoms with E-state index in [2.05, 4.69) is 5.32 Å². The zero-order valence-electron chi connectivity index (χ0n) is 17.0. The predicted octanol–water partition coefficient (Wildman–Crippen LogP) is 6.07. The molecule has 158 valence electrons. The van der Waals surface area contributed by atoms with Crippen molar-refractivity contribution in [3.05, 3.63) is 93.0 Å². The highest BCUT2D eigenvalue weighted by atomic mass is 35.5. The van der Waals surface area contributed by atoms with Crippen LogP contribution in [0.2, 0.25) is 10.0 Å². The van der Waals surface area contributed by atoms with Crippen molar-refractivity contribution < 1.29 is 14.3 Å². The molecule has 7 heteroatoms. The number of carbonyl (C=O) groups is 2. The number of rotatable bonds is 7. The van der Waals surface area contributed by atoms with E-state index in [0.717, 1.165) is 5.56 Å². The van der Waals surface area contributed by atoms with Crippen molar-refractivity contribution in [1.29, 1.82) is 5.41 Å². The molecule has 0 bridgehead atoms. The number of anilines is 1. The summed E-state index contributed by atoms with van der Waals surface area (Å²) >= 11 is 12.1. The van der Waals surface area contributed by atoms with E-state index in [0.29, 0.717) is 38.3 Å². The van der Waals surface area contributed by atoms with Crippen LogP contribution in [0.25, 0.3) is 0 Å². The quantitative estimate of drug-likeness (QED) is 0.335. The molecule has 3 rings (SSSR count). The lowest BCUT2D eigenvalue weighted by Gasteiger charge is -2.15. The second-order valence-electron chi connectivity index (χ2n) is 6.90. The summed E-state index contributed by atoms with van der Waals surface area (Å²) in [5, 5.41) is 11.3. The van der Waals surface area contributed by atoms with Crippen molar-refractivity contribution >= 4 is 46.3 Å². The molecule has 0 radical (unpaired) electrons. The van der Waals surface area contributed by atoms with E-state index in [4.69, 9.17) is 33.3 Å². The SMILES string of the molecule is COc1cc(Cl)cc(C(=O)Nc2ccc(Cl)cc2)c1CC(=O)c1ccc(C(C)=N)cc1. The Morgan fingerprint density at radius 1 is 0.935 bits per heavy atom.